The van der Waals surface area contributed by atoms with Crippen LogP contribution in [0.15, 0.2) is 24.5 Å². The number of alkyl halides is 2. The van der Waals surface area contributed by atoms with Gasteiger partial charge in [0.2, 0.25) is 0 Å². The minimum Gasteiger partial charge on any atom is -0.386 e. The van der Waals surface area contributed by atoms with E-state index in [1.165, 1.54) is 0 Å². The van der Waals surface area contributed by atoms with Crippen LogP contribution in [0.4, 0.5) is 8.78 Å². The van der Waals surface area contributed by atoms with Crippen LogP contribution >= 0.6 is 11.6 Å². The van der Waals surface area contributed by atoms with Gasteiger partial charge in [0.1, 0.15) is 11.8 Å². The third-order valence-corrected chi connectivity index (χ3v) is 2.64. The molecule has 2 aromatic rings. The third kappa shape index (κ3) is 3.16. The lowest BCUT2D eigenvalue weighted by atomic mass is 10.3. The first-order valence-corrected chi connectivity index (χ1v) is 5.74. The van der Waals surface area contributed by atoms with Crippen LogP contribution in [0, 0.1) is 0 Å². The molecule has 18 heavy (non-hydrogen) atoms. The first-order chi connectivity index (χ1) is 8.56. The molecule has 0 radical (unpaired) electrons. The first-order valence-electron chi connectivity index (χ1n) is 5.36. The molecule has 0 saturated carbocycles. The van der Waals surface area contributed by atoms with Crippen LogP contribution in [-0.2, 0) is 6.54 Å². The Morgan fingerprint density at radius 3 is 2.89 bits per heavy atom. The minimum absolute atomic E-state index is 0.174. The number of aliphatic hydroxyl groups excluding tert-OH is 1. The van der Waals surface area contributed by atoms with Crippen molar-refractivity contribution in [3.63, 3.8) is 0 Å². The average molecular weight is 276 g/mol. The predicted octanol–water partition coefficient (Wildman–Crippen LogP) is 1.70. The second-order valence-electron chi connectivity index (χ2n) is 3.88. The molecule has 0 spiro atoms. The highest BCUT2D eigenvalue weighted by Gasteiger charge is 2.15. The lowest BCUT2D eigenvalue weighted by Crippen LogP contribution is -2.31. The lowest BCUT2D eigenvalue weighted by Gasteiger charge is -2.09. The van der Waals surface area contributed by atoms with Crippen molar-refractivity contribution in [2.75, 3.05) is 6.54 Å². The quantitative estimate of drug-likeness (QED) is 0.873. The number of aromatic nitrogens is 2. The highest BCUT2D eigenvalue weighted by atomic mass is 35.5. The van der Waals surface area contributed by atoms with E-state index in [9.17, 15) is 8.78 Å². The smallest absolute Gasteiger partial charge is 0.265 e. The summed E-state index contributed by atoms with van der Waals surface area (Å²) in [7, 11) is 0. The van der Waals surface area contributed by atoms with Crippen molar-refractivity contribution in [2.24, 2.45) is 0 Å². The second-order valence-corrected chi connectivity index (χ2v) is 4.31. The number of hydrogen-bond donors (Lipinski definition) is 2. The Hall–Kier alpha value is -1.24. The number of rotatable bonds is 5. The zero-order valence-corrected chi connectivity index (χ0v) is 10.1. The number of fused-ring (bicyclic) bond motifs is 1. The molecule has 4 nitrogen and oxygen atoms in total. The van der Waals surface area contributed by atoms with Crippen molar-refractivity contribution < 1.29 is 13.9 Å². The lowest BCUT2D eigenvalue weighted by molar-refractivity contribution is -0.00343. The van der Waals surface area contributed by atoms with E-state index in [4.69, 9.17) is 16.7 Å². The number of hydrogen-bond acceptors (Lipinski definition) is 3. The van der Waals surface area contributed by atoms with Crippen LogP contribution in [0.1, 0.15) is 5.69 Å². The normalized spacial score (nSPS) is 13.4. The number of halogens is 3. The van der Waals surface area contributed by atoms with E-state index in [2.05, 4.69) is 10.3 Å². The molecule has 1 unspecified atom stereocenters. The van der Waals surface area contributed by atoms with Crippen LogP contribution in [0.2, 0.25) is 5.02 Å². The molecular formula is C11H12ClF2N3O. The molecule has 0 aromatic carbocycles. The Bertz CT molecular complexity index is 532. The summed E-state index contributed by atoms with van der Waals surface area (Å²) >= 11 is 5.83. The first kappa shape index (κ1) is 13.2. The third-order valence-electron chi connectivity index (χ3n) is 2.42. The van der Waals surface area contributed by atoms with Crippen LogP contribution < -0.4 is 5.32 Å². The fourth-order valence-electron chi connectivity index (χ4n) is 1.54. The fraction of sp³-hybridized carbons (Fsp3) is 0.364. The standard InChI is InChI=1S/C11H12ClF2N3O/c12-7-1-2-10-16-8(6-17(10)5-7)3-15-4-9(18)11(13)14/h1-2,5-6,9,11,15,18H,3-4H2. The summed E-state index contributed by atoms with van der Waals surface area (Å²) in [5, 5.41) is 12.2. The van der Waals surface area contributed by atoms with Gasteiger partial charge in [0.15, 0.2) is 0 Å². The van der Waals surface area contributed by atoms with Gasteiger partial charge < -0.3 is 14.8 Å². The van der Waals surface area contributed by atoms with E-state index in [0.717, 1.165) is 5.65 Å². The van der Waals surface area contributed by atoms with Gasteiger partial charge in [0.05, 0.1) is 10.7 Å². The molecule has 0 saturated heterocycles. The maximum Gasteiger partial charge on any atom is 0.265 e. The SMILES string of the molecule is OC(CNCc1cn2cc(Cl)ccc2n1)C(F)F. The molecule has 0 bridgehead atoms. The summed E-state index contributed by atoms with van der Waals surface area (Å²) in [5.41, 5.74) is 1.42. The maximum absolute atomic E-state index is 12.0. The predicted molar refractivity (Wildman–Crippen MR) is 63.9 cm³/mol. The summed E-state index contributed by atoms with van der Waals surface area (Å²) in [4.78, 5) is 4.27. The van der Waals surface area contributed by atoms with E-state index >= 15 is 0 Å². The molecule has 0 fully saturated rings. The van der Waals surface area contributed by atoms with Gasteiger partial charge in [-0.15, -0.1) is 0 Å². The Morgan fingerprint density at radius 1 is 1.39 bits per heavy atom. The van der Waals surface area contributed by atoms with Crippen molar-refractivity contribution in [1.29, 1.82) is 0 Å². The number of nitrogens with one attached hydrogen (secondary N) is 1. The van der Waals surface area contributed by atoms with Gasteiger partial charge in [-0.05, 0) is 12.1 Å². The Balaban J connectivity index is 1.96. The number of imidazole rings is 1. The number of aliphatic hydroxyl groups is 1. The van der Waals surface area contributed by atoms with Crippen LogP contribution in [-0.4, -0.2) is 33.6 Å². The zero-order valence-electron chi connectivity index (χ0n) is 9.35. The summed E-state index contributed by atoms with van der Waals surface area (Å²) in [6.07, 6.45) is -0.932. The number of nitrogens with zero attached hydrogens (tertiary/aromatic N) is 2. The molecule has 2 aromatic heterocycles. The maximum atomic E-state index is 12.0. The Kier molecular flexibility index (Phi) is 4.11. The largest absolute Gasteiger partial charge is 0.386 e. The summed E-state index contributed by atoms with van der Waals surface area (Å²) in [6.45, 7) is 0.134. The molecule has 0 aliphatic heterocycles. The van der Waals surface area contributed by atoms with Gasteiger partial charge in [-0.2, -0.15) is 0 Å². The van der Waals surface area contributed by atoms with E-state index in [1.54, 1.807) is 28.9 Å². The van der Waals surface area contributed by atoms with Crippen molar-refractivity contribution in [3.05, 3.63) is 35.2 Å². The van der Waals surface area contributed by atoms with Crippen molar-refractivity contribution in [2.45, 2.75) is 19.1 Å². The molecule has 1 atom stereocenters. The number of pyridine rings is 1. The topological polar surface area (TPSA) is 49.6 Å². The van der Waals surface area contributed by atoms with Gasteiger partial charge in [-0.1, -0.05) is 11.6 Å². The van der Waals surface area contributed by atoms with E-state index in [-0.39, 0.29) is 6.54 Å². The molecular weight excluding hydrogens is 264 g/mol. The zero-order chi connectivity index (χ0) is 13.1. The van der Waals surface area contributed by atoms with Gasteiger partial charge in [-0.3, -0.25) is 0 Å². The second kappa shape index (κ2) is 5.60. The molecule has 2 rings (SSSR count). The van der Waals surface area contributed by atoms with Crippen molar-refractivity contribution in [1.82, 2.24) is 14.7 Å². The van der Waals surface area contributed by atoms with E-state index in [0.29, 0.717) is 17.3 Å². The summed E-state index contributed by atoms with van der Waals surface area (Å²) < 4.78 is 25.8. The van der Waals surface area contributed by atoms with Crippen molar-refractivity contribution >= 4 is 17.2 Å². The van der Waals surface area contributed by atoms with Gasteiger partial charge >= 0.3 is 0 Å². The highest BCUT2D eigenvalue weighted by molar-refractivity contribution is 6.30. The van der Waals surface area contributed by atoms with Crippen molar-refractivity contribution in [3.8, 4) is 0 Å². The van der Waals surface area contributed by atoms with Gasteiger partial charge in [-0.25, -0.2) is 13.8 Å². The monoisotopic (exact) mass is 275 g/mol. The van der Waals surface area contributed by atoms with Crippen LogP contribution in [0.3, 0.4) is 0 Å². The average Bonchev–Trinajstić information content (AvgIpc) is 2.70. The Labute approximate surface area is 107 Å². The molecule has 2 heterocycles. The molecule has 0 aliphatic carbocycles. The van der Waals surface area contributed by atoms with Gasteiger partial charge in [0.25, 0.3) is 6.43 Å². The van der Waals surface area contributed by atoms with Crippen LogP contribution in [0.5, 0.6) is 0 Å². The Morgan fingerprint density at radius 2 is 2.17 bits per heavy atom. The summed E-state index contributed by atoms with van der Waals surface area (Å²) in [6, 6.07) is 3.49. The highest BCUT2D eigenvalue weighted by Crippen LogP contribution is 2.11. The van der Waals surface area contributed by atoms with Gasteiger partial charge in [0, 0.05) is 25.5 Å². The van der Waals surface area contributed by atoms with Crippen LogP contribution in [0.25, 0.3) is 5.65 Å². The molecule has 0 aliphatic rings. The van der Waals surface area contributed by atoms with E-state index < -0.39 is 12.5 Å². The fourth-order valence-corrected chi connectivity index (χ4v) is 1.71. The molecule has 2 N–H and O–H groups in total. The van der Waals surface area contributed by atoms with E-state index in [1.807, 2.05) is 0 Å². The molecule has 7 heteroatoms. The minimum atomic E-state index is -2.74. The molecule has 0 amide bonds. The molecule has 98 valence electrons. The summed E-state index contributed by atoms with van der Waals surface area (Å²) in [5.74, 6) is 0.